The Hall–Kier alpha value is -2.42. The SMILES string of the molecule is Cc1cc(NC(=O)CSc2nc3ncccn3n2)n(C)n1. The zero-order chi connectivity index (χ0) is 14.8. The van der Waals surface area contributed by atoms with Crippen LogP contribution >= 0.6 is 11.8 Å². The lowest BCUT2D eigenvalue weighted by Crippen LogP contribution is -2.16. The number of nitrogens with zero attached hydrogens (tertiary/aromatic N) is 6. The molecule has 0 unspecified atom stereocenters. The second-order valence-electron chi connectivity index (χ2n) is 4.39. The van der Waals surface area contributed by atoms with Crippen LogP contribution in [0, 0.1) is 6.92 Å². The number of nitrogens with one attached hydrogen (secondary N) is 1. The van der Waals surface area contributed by atoms with Gasteiger partial charge in [0.1, 0.15) is 5.82 Å². The number of amides is 1. The van der Waals surface area contributed by atoms with Crippen molar-refractivity contribution in [1.82, 2.24) is 29.4 Å². The third-order valence-corrected chi connectivity index (χ3v) is 3.54. The minimum Gasteiger partial charge on any atom is -0.310 e. The van der Waals surface area contributed by atoms with Crippen molar-refractivity contribution < 1.29 is 4.79 Å². The standard InChI is InChI=1S/C12H13N7OS/c1-8-6-9(18(2)16-8)14-10(20)7-21-12-15-11-13-4-3-5-19(11)17-12/h3-6H,7H2,1-2H3,(H,14,20). The Bertz CT molecular complexity index is 761. The molecule has 1 amide bonds. The summed E-state index contributed by atoms with van der Waals surface area (Å²) in [5.74, 6) is 1.28. The van der Waals surface area contributed by atoms with Crippen molar-refractivity contribution in [2.75, 3.05) is 11.1 Å². The van der Waals surface area contributed by atoms with Crippen molar-refractivity contribution in [1.29, 1.82) is 0 Å². The Morgan fingerprint density at radius 1 is 1.43 bits per heavy atom. The second kappa shape index (κ2) is 5.52. The van der Waals surface area contributed by atoms with E-state index >= 15 is 0 Å². The molecular formula is C12H13N7OS. The van der Waals surface area contributed by atoms with Crippen molar-refractivity contribution in [3.05, 3.63) is 30.2 Å². The zero-order valence-corrected chi connectivity index (χ0v) is 12.3. The number of hydrogen-bond donors (Lipinski definition) is 1. The Labute approximate surface area is 124 Å². The van der Waals surface area contributed by atoms with Crippen LogP contribution in [0.1, 0.15) is 5.69 Å². The minimum absolute atomic E-state index is 0.130. The zero-order valence-electron chi connectivity index (χ0n) is 11.5. The van der Waals surface area contributed by atoms with Gasteiger partial charge in [0.15, 0.2) is 0 Å². The number of carbonyl (C=O) groups excluding carboxylic acids is 1. The summed E-state index contributed by atoms with van der Waals surface area (Å²) in [6.07, 6.45) is 3.41. The van der Waals surface area contributed by atoms with Gasteiger partial charge in [-0.25, -0.2) is 9.50 Å². The van der Waals surface area contributed by atoms with E-state index in [-0.39, 0.29) is 11.7 Å². The molecule has 21 heavy (non-hydrogen) atoms. The summed E-state index contributed by atoms with van der Waals surface area (Å²) >= 11 is 1.26. The van der Waals surface area contributed by atoms with E-state index in [4.69, 9.17) is 0 Å². The number of carbonyl (C=O) groups is 1. The molecule has 0 spiro atoms. The molecular weight excluding hydrogens is 290 g/mol. The van der Waals surface area contributed by atoms with Crippen molar-refractivity contribution in [2.24, 2.45) is 7.05 Å². The summed E-state index contributed by atoms with van der Waals surface area (Å²) in [6.45, 7) is 1.87. The number of aromatic nitrogens is 6. The highest BCUT2D eigenvalue weighted by molar-refractivity contribution is 7.99. The Morgan fingerprint density at radius 2 is 2.29 bits per heavy atom. The number of rotatable bonds is 4. The highest BCUT2D eigenvalue weighted by atomic mass is 32.2. The molecule has 0 saturated heterocycles. The maximum absolute atomic E-state index is 11.9. The van der Waals surface area contributed by atoms with Crippen LogP contribution in [0.25, 0.3) is 5.78 Å². The van der Waals surface area contributed by atoms with Gasteiger partial charge in [0.05, 0.1) is 11.4 Å². The molecule has 0 aromatic carbocycles. The molecule has 8 nitrogen and oxygen atoms in total. The van der Waals surface area contributed by atoms with Crippen LogP contribution < -0.4 is 5.32 Å². The van der Waals surface area contributed by atoms with Gasteiger partial charge < -0.3 is 5.32 Å². The average molecular weight is 303 g/mol. The van der Waals surface area contributed by atoms with Crippen molar-refractivity contribution in [2.45, 2.75) is 12.1 Å². The van der Waals surface area contributed by atoms with Gasteiger partial charge in [0.2, 0.25) is 11.1 Å². The van der Waals surface area contributed by atoms with Gasteiger partial charge in [-0.3, -0.25) is 9.48 Å². The molecule has 0 aliphatic rings. The van der Waals surface area contributed by atoms with Crippen LogP contribution in [0.3, 0.4) is 0 Å². The van der Waals surface area contributed by atoms with Crippen molar-refractivity contribution in [3.8, 4) is 0 Å². The van der Waals surface area contributed by atoms with E-state index in [0.29, 0.717) is 16.8 Å². The van der Waals surface area contributed by atoms with E-state index in [1.165, 1.54) is 11.8 Å². The number of thioether (sulfide) groups is 1. The van der Waals surface area contributed by atoms with E-state index in [9.17, 15) is 4.79 Å². The summed E-state index contributed by atoms with van der Waals surface area (Å²) in [4.78, 5) is 20.2. The van der Waals surface area contributed by atoms with Gasteiger partial charge in [0, 0.05) is 25.5 Å². The fourth-order valence-electron chi connectivity index (χ4n) is 1.81. The molecule has 3 aromatic heterocycles. The molecule has 9 heteroatoms. The van der Waals surface area contributed by atoms with Crippen LogP contribution in [0.4, 0.5) is 5.82 Å². The monoisotopic (exact) mass is 303 g/mol. The summed E-state index contributed by atoms with van der Waals surface area (Å²) in [5, 5.41) is 11.7. The molecule has 0 bridgehead atoms. The third-order valence-electron chi connectivity index (χ3n) is 2.70. The van der Waals surface area contributed by atoms with Gasteiger partial charge in [-0.15, -0.1) is 5.10 Å². The van der Waals surface area contributed by atoms with E-state index in [0.717, 1.165) is 5.69 Å². The lowest BCUT2D eigenvalue weighted by Gasteiger charge is -2.03. The highest BCUT2D eigenvalue weighted by Gasteiger charge is 2.10. The van der Waals surface area contributed by atoms with Crippen LogP contribution in [0.5, 0.6) is 0 Å². The van der Waals surface area contributed by atoms with Gasteiger partial charge in [0.25, 0.3) is 5.78 Å². The molecule has 0 radical (unpaired) electrons. The molecule has 3 heterocycles. The van der Waals surface area contributed by atoms with E-state index in [1.54, 1.807) is 34.7 Å². The molecule has 3 rings (SSSR count). The summed E-state index contributed by atoms with van der Waals surface area (Å²) in [7, 11) is 1.78. The lowest BCUT2D eigenvalue weighted by molar-refractivity contribution is -0.113. The molecule has 0 atom stereocenters. The predicted octanol–water partition coefficient (Wildman–Crippen LogP) is 0.897. The summed E-state index contributed by atoms with van der Waals surface area (Å²) in [6, 6.07) is 3.59. The average Bonchev–Trinajstić information content (AvgIpc) is 2.99. The first kappa shape index (κ1) is 13.6. The first-order valence-electron chi connectivity index (χ1n) is 6.22. The van der Waals surface area contributed by atoms with Crippen LogP contribution in [0.15, 0.2) is 29.7 Å². The van der Waals surface area contributed by atoms with Gasteiger partial charge in [-0.2, -0.15) is 10.1 Å². The fourth-order valence-corrected chi connectivity index (χ4v) is 2.44. The van der Waals surface area contributed by atoms with Crippen LogP contribution in [-0.2, 0) is 11.8 Å². The maximum atomic E-state index is 11.9. The first-order valence-corrected chi connectivity index (χ1v) is 7.21. The minimum atomic E-state index is -0.130. The summed E-state index contributed by atoms with van der Waals surface area (Å²) in [5.41, 5.74) is 0.855. The first-order chi connectivity index (χ1) is 10.1. The Morgan fingerprint density at radius 3 is 3.00 bits per heavy atom. The Kier molecular flexibility index (Phi) is 3.57. The lowest BCUT2D eigenvalue weighted by atomic mass is 10.4. The quantitative estimate of drug-likeness (QED) is 0.720. The van der Waals surface area contributed by atoms with E-state index in [2.05, 4.69) is 25.5 Å². The van der Waals surface area contributed by atoms with Crippen LogP contribution in [0.2, 0.25) is 0 Å². The number of anilines is 1. The molecule has 1 N–H and O–H groups in total. The van der Waals surface area contributed by atoms with Gasteiger partial charge >= 0.3 is 0 Å². The summed E-state index contributed by atoms with van der Waals surface area (Å²) < 4.78 is 3.20. The highest BCUT2D eigenvalue weighted by Crippen LogP contribution is 2.14. The Balaban J connectivity index is 1.61. The van der Waals surface area contributed by atoms with Crippen molar-refractivity contribution in [3.63, 3.8) is 0 Å². The largest absolute Gasteiger partial charge is 0.310 e. The topological polar surface area (TPSA) is 90.0 Å². The molecule has 0 aliphatic carbocycles. The van der Waals surface area contributed by atoms with Crippen molar-refractivity contribution >= 4 is 29.3 Å². The molecule has 108 valence electrons. The smallest absolute Gasteiger partial charge is 0.253 e. The van der Waals surface area contributed by atoms with Gasteiger partial charge in [-0.1, -0.05) is 11.8 Å². The maximum Gasteiger partial charge on any atom is 0.253 e. The number of fused-ring (bicyclic) bond motifs is 1. The third kappa shape index (κ3) is 3.02. The molecule has 0 aliphatic heterocycles. The van der Waals surface area contributed by atoms with E-state index < -0.39 is 0 Å². The van der Waals surface area contributed by atoms with E-state index in [1.807, 2.05) is 13.0 Å². The van der Waals surface area contributed by atoms with Gasteiger partial charge in [-0.05, 0) is 13.0 Å². The number of hydrogen-bond acceptors (Lipinski definition) is 6. The molecule has 3 aromatic rings. The predicted molar refractivity (Wildman–Crippen MR) is 78.1 cm³/mol. The molecule has 0 fully saturated rings. The van der Waals surface area contributed by atoms with Crippen LogP contribution in [-0.4, -0.2) is 41.0 Å². The normalized spacial score (nSPS) is 11.0. The molecule has 0 saturated carbocycles. The fraction of sp³-hybridized carbons (Fsp3) is 0.250. The number of aryl methyl sites for hydroxylation is 2. The second-order valence-corrected chi connectivity index (χ2v) is 5.33.